The van der Waals surface area contributed by atoms with E-state index in [0.29, 0.717) is 36.3 Å². The molecule has 0 saturated carbocycles. The summed E-state index contributed by atoms with van der Waals surface area (Å²) in [6.07, 6.45) is 3.90. The number of nitrogens with one attached hydrogen (secondary N) is 1. The highest BCUT2D eigenvalue weighted by Crippen LogP contribution is 2.43. The molecule has 2 atom stereocenters. The van der Waals surface area contributed by atoms with Crippen LogP contribution in [-0.2, 0) is 19.9 Å². The van der Waals surface area contributed by atoms with Crippen LogP contribution in [0, 0.1) is 0 Å². The molecular weight excluding hydrogens is 344 g/mol. The molecule has 1 aliphatic rings. The minimum absolute atomic E-state index is 0.0798. The number of sulfonamides is 1. The average Bonchev–Trinajstić information content (AvgIpc) is 2.87. The van der Waals surface area contributed by atoms with Crippen molar-refractivity contribution in [1.82, 2.24) is 5.32 Å². The highest BCUT2D eigenvalue weighted by Gasteiger charge is 2.40. The number of allylic oxidation sites excluding steroid dienone is 1. The fraction of sp³-hybridized carbons (Fsp3) is 0.385. The van der Waals surface area contributed by atoms with Crippen LogP contribution in [0.15, 0.2) is 39.8 Å². The van der Waals surface area contributed by atoms with E-state index in [4.69, 9.17) is 5.14 Å². The Morgan fingerprint density at radius 1 is 1.41 bits per heavy atom. The van der Waals surface area contributed by atoms with E-state index in [9.17, 15) is 16.8 Å². The third kappa shape index (κ3) is 3.18. The number of rotatable bonds is 6. The van der Waals surface area contributed by atoms with Crippen molar-refractivity contribution in [2.24, 2.45) is 5.14 Å². The van der Waals surface area contributed by atoms with E-state index in [1.54, 1.807) is 12.2 Å². The van der Waals surface area contributed by atoms with Crippen LogP contribution in [0.3, 0.4) is 0 Å². The summed E-state index contributed by atoms with van der Waals surface area (Å²) >= 11 is 0.715. The van der Waals surface area contributed by atoms with E-state index < -0.39 is 25.1 Å². The maximum absolute atomic E-state index is 12.6. The van der Waals surface area contributed by atoms with Gasteiger partial charge in [-0.05, 0) is 18.9 Å². The Balaban J connectivity index is 2.58. The normalized spacial score (nSPS) is 23.7. The average molecular weight is 362 g/mol. The van der Waals surface area contributed by atoms with Gasteiger partial charge < -0.3 is 5.32 Å². The number of hydrogen-bond donors (Lipinski definition) is 2. The van der Waals surface area contributed by atoms with Gasteiger partial charge in [-0.15, -0.1) is 24.5 Å². The quantitative estimate of drug-likeness (QED) is 0.743. The number of sulfone groups is 1. The summed E-state index contributed by atoms with van der Waals surface area (Å²) < 4.78 is 48.3. The van der Waals surface area contributed by atoms with Gasteiger partial charge in [-0.2, -0.15) is 0 Å². The molecule has 0 spiro atoms. The van der Waals surface area contributed by atoms with Crippen molar-refractivity contribution in [2.75, 3.05) is 6.54 Å². The summed E-state index contributed by atoms with van der Waals surface area (Å²) in [5, 5.41) is 7.69. The largest absolute Gasteiger partial charge is 0.306 e. The Morgan fingerprint density at radius 2 is 2.09 bits per heavy atom. The van der Waals surface area contributed by atoms with E-state index in [1.165, 1.54) is 6.07 Å². The summed E-state index contributed by atoms with van der Waals surface area (Å²) in [7, 11) is -7.52. The van der Waals surface area contributed by atoms with Gasteiger partial charge in [0, 0.05) is 18.2 Å². The first-order valence-corrected chi connectivity index (χ1v) is 10.5. The molecule has 1 aliphatic heterocycles. The zero-order chi connectivity index (χ0) is 16.5. The van der Waals surface area contributed by atoms with E-state index in [1.807, 2.05) is 0 Å². The first-order chi connectivity index (χ1) is 10.2. The van der Waals surface area contributed by atoms with Crippen LogP contribution in [0.5, 0.6) is 0 Å². The smallest absolute Gasteiger partial charge is 0.247 e. The van der Waals surface area contributed by atoms with Gasteiger partial charge in [0.15, 0.2) is 9.84 Å². The number of thiophene rings is 1. The molecule has 0 saturated heterocycles. The summed E-state index contributed by atoms with van der Waals surface area (Å²) in [4.78, 5) is 0. The molecular formula is C13H18N2O4S3. The van der Waals surface area contributed by atoms with Gasteiger partial charge in [-0.25, -0.2) is 22.0 Å². The van der Waals surface area contributed by atoms with Gasteiger partial charge in [0.2, 0.25) is 10.0 Å². The lowest BCUT2D eigenvalue weighted by Gasteiger charge is -2.29. The lowest BCUT2D eigenvalue weighted by molar-refractivity contribution is 0.476. The summed E-state index contributed by atoms with van der Waals surface area (Å²) in [6, 6.07) is 1.10. The van der Waals surface area contributed by atoms with Crippen molar-refractivity contribution in [2.45, 2.75) is 32.6 Å². The molecule has 1 aromatic heterocycles. The molecule has 122 valence electrons. The summed E-state index contributed by atoms with van der Waals surface area (Å²) in [5.74, 6) is 0. The Morgan fingerprint density at radius 3 is 2.64 bits per heavy atom. The molecule has 0 unspecified atom stereocenters. The number of hydrogen-bond acceptors (Lipinski definition) is 6. The first-order valence-electron chi connectivity index (χ1n) is 6.57. The number of nitrogens with two attached hydrogens (primary N) is 1. The fourth-order valence-corrected chi connectivity index (χ4v) is 7.13. The third-order valence-corrected chi connectivity index (χ3v) is 8.82. The van der Waals surface area contributed by atoms with Crippen molar-refractivity contribution in [3.8, 4) is 0 Å². The lowest BCUT2D eigenvalue weighted by Crippen LogP contribution is -2.34. The molecule has 6 nitrogen and oxygen atoms in total. The fourth-order valence-electron chi connectivity index (χ4n) is 2.47. The molecule has 22 heavy (non-hydrogen) atoms. The zero-order valence-electron chi connectivity index (χ0n) is 11.9. The molecule has 2 heterocycles. The Labute approximate surface area is 134 Å². The van der Waals surface area contributed by atoms with Crippen LogP contribution >= 0.6 is 11.3 Å². The van der Waals surface area contributed by atoms with Crippen LogP contribution in [0.25, 0.3) is 0 Å². The van der Waals surface area contributed by atoms with Crippen molar-refractivity contribution in [1.29, 1.82) is 0 Å². The van der Waals surface area contributed by atoms with Crippen LogP contribution in [0.2, 0.25) is 0 Å². The predicted octanol–water partition coefficient (Wildman–Crippen LogP) is 1.33. The minimum Gasteiger partial charge on any atom is -0.306 e. The highest BCUT2D eigenvalue weighted by molar-refractivity contribution is 7.95. The second-order valence-corrected chi connectivity index (χ2v) is 10.3. The van der Waals surface area contributed by atoms with Crippen LogP contribution in [0.1, 0.15) is 24.4 Å². The van der Waals surface area contributed by atoms with Crippen molar-refractivity contribution in [3.05, 3.63) is 36.9 Å². The Kier molecular flexibility index (Phi) is 4.93. The molecule has 0 amide bonds. The lowest BCUT2D eigenvalue weighted by atomic mass is 10.0. The van der Waals surface area contributed by atoms with Crippen molar-refractivity contribution < 1.29 is 16.8 Å². The first kappa shape index (κ1) is 17.4. The monoisotopic (exact) mass is 362 g/mol. The molecule has 2 rings (SSSR count). The maximum atomic E-state index is 12.6. The van der Waals surface area contributed by atoms with E-state index in [2.05, 4.69) is 18.5 Å². The second kappa shape index (κ2) is 6.25. The van der Waals surface area contributed by atoms with Crippen molar-refractivity contribution in [3.63, 3.8) is 0 Å². The second-order valence-electron chi connectivity index (χ2n) is 5.03. The SMILES string of the molecule is C=CCN[C@@H]1C[C@@H](CC=C)S(=O)(=O)c2sc(S(N)(=O)=O)cc21. The highest BCUT2D eigenvalue weighted by atomic mass is 32.3. The van der Waals surface area contributed by atoms with Crippen LogP contribution in [-0.4, -0.2) is 28.6 Å². The Hall–Kier alpha value is -1.00. The standard InChI is InChI=1S/C13H18N2O4S3/c1-3-5-9-7-11(15-6-4-2)10-8-12(22(14,18)19)20-13(10)21(9,16)17/h3-4,8-9,11,15H,1-2,5-7H2,(H2,14,18,19)/t9-,11-/m1/s1. The number of primary sulfonamides is 1. The van der Waals surface area contributed by atoms with Crippen molar-refractivity contribution >= 4 is 31.2 Å². The topological polar surface area (TPSA) is 106 Å². The molecule has 1 aromatic rings. The molecule has 0 fully saturated rings. The Bertz CT molecular complexity index is 793. The molecule has 0 aliphatic carbocycles. The van der Waals surface area contributed by atoms with Crippen LogP contribution < -0.4 is 10.5 Å². The molecule has 0 radical (unpaired) electrons. The van der Waals surface area contributed by atoms with Gasteiger partial charge >= 0.3 is 0 Å². The molecule has 0 bridgehead atoms. The van der Waals surface area contributed by atoms with Gasteiger partial charge in [0.05, 0.1) is 5.25 Å². The summed E-state index contributed by atoms with van der Waals surface area (Å²) in [6.45, 7) is 7.71. The number of fused-ring (bicyclic) bond motifs is 1. The van der Waals surface area contributed by atoms with E-state index in [0.717, 1.165) is 0 Å². The zero-order valence-corrected chi connectivity index (χ0v) is 14.3. The van der Waals surface area contributed by atoms with E-state index in [-0.39, 0.29) is 14.5 Å². The summed E-state index contributed by atoms with van der Waals surface area (Å²) in [5.41, 5.74) is 0.469. The molecule has 9 heteroatoms. The minimum atomic E-state index is -3.93. The maximum Gasteiger partial charge on any atom is 0.247 e. The van der Waals surface area contributed by atoms with Gasteiger partial charge in [-0.1, -0.05) is 12.2 Å². The van der Waals surface area contributed by atoms with E-state index >= 15 is 0 Å². The van der Waals surface area contributed by atoms with Gasteiger partial charge in [0.25, 0.3) is 0 Å². The van der Waals surface area contributed by atoms with Gasteiger partial charge in [-0.3, -0.25) is 0 Å². The third-order valence-electron chi connectivity index (χ3n) is 3.49. The van der Waals surface area contributed by atoms with Crippen LogP contribution in [0.4, 0.5) is 0 Å². The van der Waals surface area contributed by atoms with Gasteiger partial charge in [0.1, 0.15) is 8.42 Å². The molecule has 0 aromatic carbocycles. The molecule has 3 N–H and O–H groups in total. The predicted molar refractivity (Wildman–Crippen MR) is 87.0 cm³/mol.